The lowest BCUT2D eigenvalue weighted by Crippen LogP contribution is -2.39. The first-order chi connectivity index (χ1) is 11.1. The van der Waals surface area contributed by atoms with Crippen molar-refractivity contribution >= 4 is 28.4 Å². The molecule has 0 saturated heterocycles. The molecular weight excluding hydrogens is 328 g/mol. The van der Waals surface area contributed by atoms with Crippen LogP contribution in [-0.4, -0.2) is 50.0 Å². The minimum Gasteiger partial charge on any atom is -0.384 e. The fourth-order valence-corrected chi connectivity index (χ4v) is 2.95. The molecular formula is C15H22N6O2S. The number of nitrogen functional groups attached to an aromatic ring is 1. The molecule has 1 heterocycles. The highest BCUT2D eigenvalue weighted by atomic mass is 32.2. The number of hydrazine groups is 1. The maximum Gasteiger partial charge on any atom is 0.283 e. The largest absolute Gasteiger partial charge is 0.384 e. The number of hydrazone groups is 1. The van der Waals surface area contributed by atoms with Crippen LogP contribution in [0, 0.1) is 10.8 Å². The van der Waals surface area contributed by atoms with Crippen molar-refractivity contribution in [2.45, 2.75) is 25.7 Å². The Hall–Kier alpha value is -2.42. The Morgan fingerprint density at radius 2 is 2.08 bits per heavy atom. The summed E-state index contributed by atoms with van der Waals surface area (Å²) in [5.74, 6) is -0.117. The van der Waals surface area contributed by atoms with Crippen molar-refractivity contribution in [2.24, 2.45) is 20.6 Å². The van der Waals surface area contributed by atoms with Gasteiger partial charge in [-0.05, 0) is 31.2 Å². The number of nitrogens with one attached hydrogen (secondary N) is 1. The highest BCUT2D eigenvalue weighted by molar-refractivity contribution is 7.90. The van der Waals surface area contributed by atoms with Crippen LogP contribution in [0.5, 0.6) is 0 Å². The summed E-state index contributed by atoms with van der Waals surface area (Å²) < 4.78 is 28.4. The summed E-state index contributed by atoms with van der Waals surface area (Å²) in [5, 5.41) is 14.9. The molecule has 0 spiro atoms. The van der Waals surface area contributed by atoms with Crippen LogP contribution in [0.25, 0.3) is 0 Å². The van der Waals surface area contributed by atoms with Gasteiger partial charge in [-0.2, -0.15) is 13.5 Å². The monoisotopic (exact) mass is 350 g/mol. The number of rotatable bonds is 6. The number of amidine groups is 1. The highest BCUT2D eigenvalue weighted by Crippen LogP contribution is 2.21. The second-order valence-corrected chi connectivity index (χ2v) is 7.79. The van der Waals surface area contributed by atoms with Gasteiger partial charge < -0.3 is 5.73 Å². The number of hydrogen-bond acceptors (Lipinski definition) is 5. The number of hydrogen-bond donors (Lipinski definition) is 2. The van der Waals surface area contributed by atoms with Crippen LogP contribution in [0.3, 0.4) is 0 Å². The van der Waals surface area contributed by atoms with E-state index in [2.05, 4.69) is 23.3 Å². The predicted octanol–water partition coefficient (Wildman–Crippen LogP) is 1.25. The molecule has 3 N–H and O–H groups in total. The van der Waals surface area contributed by atoms with Gasteiger partial charge in [0.1, 0.15) is 12.2 Å². The van der Waals surface area contributed by atoms with Gasteiger partial charge in [0.15, 0.2) is 0 Å². The molecule has 0 radical (unpaired) electrons. The van der Waals surface area contributed by atoms with Crippen molar-refractivity contribution in [3.8, 4) is 0 Å². The van der Waals surface area contributed by atoms with Crippen molar-refractivity contribution in [1.82, 2.24) is 10.1 Å². The molecule has 0 saturated carbocycles. The van der Waals surface area contributed by atoms with Gasteiger partial charge in [-0.25, -0.2) is 5.12 Å². The number of sulfonamides is 1. The molecule has 1 aliphatic rings. The first kappa shape index (κ1) is 17.9. The van der Waals surface area contributed by atoms with Crippen molar-refractivity contribution in [1.29, 1.82) is 5.41 Å². The quantitative estimate of drug-likeness (QED) is 0.592. The zero-order valence-electron chi connectivity index (χ0n) is 14.0. The van der Waals surface area contributed by atoms with Gasteiger partial charge >= 0.3 is 0 Å². The number of benzene rings is 1. The lowest BCUT2D eigenvalue weighted by Gasteiger charge is -2.28. The molecule has 0 aromatic heterocycles. The Morgan fingerprint density at radius 3 is 2.54 bits per heavy atom. The molecule has 1 aromatic rings. The highest BCUT2D eigenvalue weighted by Gasteiger charge is 2.27. The second-order valence-electron chi connectivity index (χ2n) is 6.15. The van der Waals surface area contributed by atoms with Crippen LogP contribution < -0.4 is 5.73 Å². The van der Waals surface area contributed by atoms with E-state index in [1.54, 1.807) is 10.1 Å². The Kier molecular flexibility index (Phi) is 4.93. The average Bonchev–Trinajstić information content (AvgIpc) is 2.88. The molecule has 24 heavy (non-hydrogen) atoms. The maximum atomic E-state index is 12.3. The van der Waals surface area contributed by atoms with Gasteiger partial charge in [0.25, 0.3) is 10.0 Å². The van der Waals surface area contributed by atoms with E-state index in [1.807, 2.05) is 13.1 Å². The maximum absolute atomic E-state index is 12.3. The molecule has 9 heteroatoms. The van der Waals surface area contributed by atoms with Gasteiger partial charge in [-0.3, -0.25) is 10.4 Å². The smallest absolute Gasteiger partial charge is 0.283 e. The molecule has 2 rings (SSSR count). The van der Waals surface area contributed by atoms with E-state index in [0.717, 1.165) is 0 Å². The zero-order chi connectivity index (χ0) is 18.0. The minimum atomic E-state index is -3.83. The molecule has 0 amide bonds. The van der Waals surface area contributed by atoms with Crippen LogP contribution in [0.15, 0.2) is 38.7 Å². The molecule has 0 aliphatic carbocycles. The molecule has 0 atom stereocenters. The van der Waals surface area contributed by atoms with E-state index >= 15 is 0 Å². The third kappa shape index (κ3) is 4.10. The van der Waals surface area contributed by atoms with E-state index in [4.69, 9.17) is 11.1 Å². The van der Waals surface area contributed by atoms with Crippen LogP contribution >= 0.6 is 0 Å². The Morgan fingerprint density at radius 1 is 1.46 bits per heavy atom. The topological polar surface area (TPSA) is 115 Å². The normalized spacial score (nSPS) is 16.7. The molecule has 0 unspecified atom stereocenters. The molecule has 8 nitrogen and oxygen atoms in total. The van der Waals surface area contributed by atoms with Gasteiger partial charge in [-0.15, -0.1) is 4.40 Å². The summed E-state index contributed by atoms with van der Waals surface area (Å²) in [7, 11) is -3.83. The third-order valence-electron chi connectivity index (χ3n) is 3.49. The molecule has 0 fully saturated rings. The Labute approximate surface area is 142 Å². The van der Waals surface area contributed by atoms with Gasteiger partial charge in [0.05, 0.1) is 11.4 Å². The van der Waals surface area contributed by atoms with E-state index < -0.39 is 10.0 Å². The fourth-order valence-electron chi connectivity index (χ4n) is 2.11. The Balaban J connectivity index is 2.16. The standard InChI is InChI=1S/C15H22N6O2S/c1-4-20(21-10-15(2,3)9-18-21)11-19-24(22,23)13-7-5-12(6-8-13)14(16)17/h5-9,11H,4,10H2,1-3H3,(H3,16,17). The first-order valence-electron chi connectivity index (χ1n) is 7.49. The zero-order valence-corrected chi connectivity index (χ0v) is 14.8. The summed E-state index contributed by atoms with van der Waals surface area (Å²) >= 11 is 0. The summed E-state index contributed by atoms with van der Waals surface area (Å²) in [6, 6.07) is 5.73. The van der Waals surface area contributed by atoms with Crippen molar-refractivity contribution in [2.75, 3.05) is 13.1 Å². The van der Waals surface area contributed by atoms with E-state index in [1.165, 1.54) is 30.6 Å². The SMILES string of the molecule is CCN(C=NS(=O)(=O)c1ccc(C(=N)N)cc1)N1CC(C)(C)C=N1. The number of nitrogens with two attached hydrogens (primary N) is 1. The van der Waals surface area contributed by atoms with Crippen molar-refractivity contribution in [3.63, 3.8) is 0 Å². The van der Waals surface area contributed by atoms with E-state index in [9.17, 15) is 8.42 Å². The summed E-state index contributed by atoms with van der Waals surface area (Å²) in [6.45, 7) is 7.18. The average molecular weight is 350 g/mol. The minimum absolute atomic E-state index is 0.0463. The van der Waals surface area contributed by atoms with Crippen LogP contribution in [0.1, 0.15) is 26.3 Å². The van der Waals surface area contributed by atoms with Gasteiger partial charge in [0, 0.05) is 23.7 Å². The van der Waals surface area contributed by atoms with Crippen molar-refractivity contribution < 1.29 is 8.42 Å². The molecule has 1 aromatic carbocycles. The Bertz CT molecular complexity index is 768. The second kappa shape index (κ2) is 6.60. The fraction of sp³-hybridized carbons (Fsp3) is 0.400. The van der Waals surface area contributed by atoms with E-state index in [-0.39, 0.29) is 16.1 Å². The molecule has 130 valence electrons. The molecule has 0 bridgehead atoms. The summed E-state index contributed by atoms with van der Waals surface area (Å²) in [6.07, 6.45) is 3.10. The predicted molar refractivity (Wildman–Crippen MR) is 94.5 cm³/mol. The summed E-state index contributed by atoms with van der Waals surface area (Å²) in [4.78, 5) is 0.0463. The van der Waals surface area contributed by atoms with Crippen LogP contribution in [0.4, 0.5) is 0 Å². The lowest BCUT2D eigenvalue weighted by atomic mass is 9.97. The first-order valence-corrected chi connectivity index (χ1v) is 8.93. The third-order valence-corrected chi connectivity index (χ3v) is 4.73. The molecule has 1 aliphatic heterocycles. The van der Waals surface area contributed by atoms with Crippen LogP contribution in [0.2, 0.25) is 0 Å². The van der Waals surface area contributed by atoms with Crippen LogP contribution in [-0.2, 0) is 10.0 Å². The van der Waals surface area contributed by atoms with Crippen molar-refractivity contribution in [3.05, 3.63) is 29.8 Å². The number of nitrogens with zero attached hydrogens (tertiary/aromatic N) is 4. The van der Waals surface area contributed by atoms with Gasteiger partial charge in [0.2, 0.25) is 0 Å². The van der Waals surface area contributed by atoms with Gasteiger partial charge in [-0.1, -0.05) is 13.8 Å². The summed E-state index contributed by atoms with van der Waals surface area (Å²) in [5.41, 5.74) is 5.75. The lowest BCUT2D eigenvalue weighted by molar-refractivity contribution is 0.0545. The van der Waals surface area contributed by atoms with E-state index in [0.29, 0.717) is 18.7 Å².